The highest BCUT2D eigenvalue weighted by atomic mass is 19.1. The number of carbonyl (C=O) groups excluding carboxylic acids is 1. The Labute approximate surface area is 180 Å². The summed E-state index contributed by atoms with van der Waals surface area (Å²) >= 11 is 0. The van der Waals surface area contributed by atoms with Gasteiger partial charge in [-0.15, -0.1) is 0 Å². The molecule has 0 bridgehead atoms. The highest BCUT2D eigenvalue weighted by Gasteiger charge is 2.27. The van der Waals surface area contributed by atoms with Crippen LogP contribution in [0, 0.1) is 17.1 Å². The summed E-state index contributed by atoms with van der Waals surface area (Å²) in [5.74, 6) is -1.01. The summed E-state index contributed by atoms with van der Waals surface area (Å²) in [6.45, 7) is 3.35. The van der Waals surface area contributed by atoms with Crippen molar-refractivity contribution in [1.82, 2.24) is 10.2 Å². The maximum absolute atomic E-state index is 14.8. The van der Waals surface area contributed by atoms with Gasteiger partial charge in [-0.3, -0.25) is 14.7 Å². The fraction of sp³-hybridized carbons (Fsp3) is 0.348. The zero-order chi connectivity index (χ0) is 21.6. The Morgan fingerprint density at radius 1 is 1.42 bits per heavy atom. The summed E-state index contributed by atoms with van der Waals surface area (Å²) in [4.78, 5) is 18.5. The van der Waals surface area contributed by atoms with Crippen LogP contribution in [-0.2, 0) is 20.7 Å². The lowest BCUT2D eigenvalue weighted by molar-refractivity contribution is -0.120. The van der Waals surface area contributed by atoms with E-state index in [1.165, 1.54) is 30.8 Å². The molecule has 3 aliphatic heterocycles. The summed E-state index contributed by atoms with van der Waals surface area (Å²) in [5.41, 5.74) is 2.34. The molecule has 0 radical (unpaired) electrons. The highest BCUT2D eigenvalue weighted by molar-refractivity contribution is 5.92. The molecular formula is C23H23FN4O3. The second kappa shape index (κ2) is 9.69. The van der Waals surface area contributed by atoms with E-state index in [0.29, 0.717) is 11.6 Å². The molecule has 0 spiro atoms. The Balaban J connectivity index is 1.38. The molecule has 7 nitrogen and oxygen atoms in total. The van der Waals surface area contributed by atoms with Gasteiger partial charge < -0.3 is 14.8 Å². The van der Waals surface area contributed by atoms with E-state index in [1.807, 2.05) is 12.1 Å². The average Bonchev–Trinajstić information content (AvgIpc) is 3.03. The van der Waals surface area contributed by atoms with E-state index in [9.17, 15) is 14.4 Å². The van der Waals surface area contributed by atoms with Crippen molar-refractivity contribution in [2.24, 2.45) is 4.99 Å². The third kappa shape index (κ3) is 5.08. The van der Waals surface area contributed by atoms with Crippen molar-refractivity contribution >= 4 is 17.7 Å². The molecule has 1 fully saturated rings. The molecule has 1 N–H and O–H groups in total. The van der Waals surface area contributed by atoms with Crippen LogP contribution in [0.25, 0.3) is 5.57 Å². The Kier molecular flexibility index (Phi) is 6.55. The predicted octanol–water partition coefficient (Wildman–Crippen LogP) is 2.32. The molecule has 1 aromatic carbocycles. The number of nitriles is 1. The van der Waals surface area contributed by atoms with Gasteiger partial charge in [-0.25, -0.2) is 4.39 Å². The number of benzene rings is 1. The molecule has 31 heavy (non-hydrogen) atoms. The molecule has 0 saturated carbocycles. The molecule has 8 heteroatoms. The van der Waals surface area contributed by atoms with Crippen molar-refractivity contribution in [2.45, 2.75) is 24.9 Å². The van der Waals surface area contributed by atoms with Gasteiger partial charge in [0.05, 0.1) is 37.8 Å². The van der Waals surface area contributed by atoms with Gasteiger partial charge in [0, 0.05) is 25.7 Å². The van der Waals surface area contributed by atoms with Gasteiger partial charge in [0.25, 0.3) is 5.91 Å². The van der Waals surface area contributed by atoms with E-state index in [-0.39, 0.29) is 18.0 Å². The summed E-state index contributed by atoms with van der Waals surface area (Å²) in [7, 11) is 0. The van der Waals surface area contributed by atoms with Crippen molar-refractivity contribution in [3.63, 3.8) is 0 Å². The van der Waals surface area contributed by atoms with Crippen LogP contribution in [0.5, 0.6) is 0 Å². The number of nitrogens with one attached hydrogen (secondary N) is 1. The standard InChI is InChI=1S/C23H23FN4O3/c24-21-11-17(16-4-7-28(8-5-16)20-14-30-15-20)2-3-18(21)10-19(12-25)27-23(29)22-13-26-6-1-9-31-22/h1-4,6,9,11,13,19-20H,5,7-8,10,14-15H2,(H,27,29)/t19-/m0/s1. The van der Waals surface area contributed by atoms with Crippen LogP contribution in [0.15, 0.2) is 53.6 Å². The summed E-state index contributed by atoms with van der Waals surface area (Å²) in [6.07, 6.45) is 8.65. The molecule has 3 aliphatic rings. The smallest absolute Gasteiger partial charge is 0.289 e. The molecule has 1 saturated heterocycles. The van der Waals surface area contributed by atoms with Crippen LogP contribution in [-0.4, -0.2) is 55.4 Å². The lowest BCUT2D eigenvalue weighted by Gasteiger charge is -2.38. The number of allylic oxidation sites excluding steroid dienone is 1. The third-order valence-corrected chi connectivity index (χ3v) is 5.55. The molecule has 0 aliphatic carbocycles. The van der Waals surface area contributed by atoms with Gasteiger partial charge in [0.1, 0.15) is 11.9 Å². The van der Waals surface area contributed by atoms with Crippen molar-refractivity contribution in [2.75, 3.05) is 26.3 Å². The van der Waals surface area contributed by atoms with Crippen LogP contribution in [0.4, 0.5) is 4.39 Å². The van der Waals surface area contributed by atoms with E-state index in [0.717, 1.165) is 43.9 Å². The second-order valence-corrected chi connectivity index (χ2v) is 7.57. The number of aliphatic imine (C=N–C) groups is 1. The Hall–Kier alpha value is -3.28. The largest absolute Gasteiger partial charge is 0.458 e. The molecule has 0 aromatic heterocycles. The van der Waals surface area contributed by atoms with Gasteiger partial charge in [-0.05, 0) is 35.3 Å². The minimum Gasteiger partial charge on any atom is -0.458 e. The van der Waals surface area contributed by atoms with Gasteiger partial charge >= 0.3 is 0 Å². The van der Waals surface area contributed by atoms with Gasteiger partial charge in [-0.1, -0.05) is 18.2 Å². The molecule has 0 unspecified atom stereocenters. The Bertz CT molecular complexity index is 1000. The topological polar surface area (TPSA) is 87.0 Å². The number of halogens is 1. The molecule has 160 valence electrons. The first-order valence-corrected chi connectivity index (χ1v) is 10.2. The molecular weight excluding hydrogens is 399 g/mol. The van der Waals surface area contributed by atoms with E-state index in [1.54, 1.807) is 6.07 Å². The fourth-order valence-electron chi connectivity index (χ4n) is 3.65. The zero-order valence-corrected chi connectivity index (χ0v) is 17.0. The lowest BCUT2D eigenvalue weighted by atomic mass is 9.96. The number of hydrogen-bond acceptors (Lipinski definition) is 6. The maximum Gasteiger partial charge on any atom is 0.289 e. The molecule has 1 atom stereocenters. The van der Waals surface area contributed by atoms with Crippen LogP contribution in [0.2, 0.25) is 0 Å². The second-order valence-electron chi connectivity index (χ2n) is 7.57. The number of hydrogen-bond donors (Lipinski definition) is 1. The molecule has 1 amide bonds. The maximum atomic E-state index is 14.8. The highest BCUT2D eigenvalue weighted by Crippen LogP contribution is 2.26. The van der Waals surface area contributed by atoms with E-state index in [4.69, 9.17) is 9.47 Å². The number of amides is 1. The van der Waals surface area contributed by atoms with Gasteiger partial charge in [0.2, 0.25) is 5.76 Å². The van der Waals surface area contributed by atoms with Crippen LogP contribution in [0.3, 0.4) is 0 Å². The third-order valence-electron chi connectivity index (χ3n) is 5.55. The summed E-state index contributed by atoms with van der Waals surface area (Å²) in [6, 6.07) is 6.67. The average molecular weight is 422 g/mol. The number of ether oxygens (including phenoxy) is 2. The summed E-state index contributed by atoms with van der Waals surface area (Å²) < 4.78 is 25.2. The Morgan fingerprint density at radius 2 is 2.29 bits per heavy atom. The SMILES string of the molecule is N#C[C@H](Cc1ccc(C2=CCN(C3COC3)CC2)cc1F)NC(=O)C1=CN=CC=CO1. The first-order chi connectivity index (χ1) is 15.1. The number of rotatable bonds is 6. The Morgan fingerprint density at radius 3 is 2.97 bits per heavy atom. The number of carbonyl (C=O) groups is 1. The first-order valence-electron chi connectivity index (χ1n) is 10.2. The minimum absolute atomic E-state index is 0.0344. The minimum atomic E-state index is -0.902. The molecule has 3 heterocycles. The van der Waals surface area contributed by atoms with E-state index < -0.39 is 11.9 Å². The van der Waals surface area contributed by atoms with Crippen molar-refractivity contribution in [3.8, 4) is 6.07 Å². The van der Waals surface area contributed by atoms with E-state index in [2.05, 4.69) is 21.3 Å². The molecule has 1 aromatic rings. The van der Waals surface area contributed by atoms with Crippen LogP contribution < -0.4 is 5.32 Å². The lowest BCUT2D eigenvalue weighted by Crippen LogP contribution is -2.50. The van der Waals surface area contributed by atoms with Crippen LogP contribution >= 0.6 is 0 Å². The van der Waals surface area contributed by atoms with Gasteiger partial charge in [-0.2, -0.15) is 5.26 Å². The molecule has 4 rings (SSSR count). The van der Waals surface area contributed by atoms with E-state index >= 15 is 0 Å². The first kappa shape index (κ1) is 21.0. The quantitative estimate of drug-likeness (QED) is 0.760. The zero-order valence-electron chi connectivity index (χ0n) is 17.0. The van der Waals surface area contributed by atoms with Crippen molar-refractivity contribution in [1.29, 1.82) is 5.26 Å². The van der Waals surface area contributed by atoms with Crippen molar-refractivity contribution < 1.29 is 18.7 Å². The van der Waals surface area contributed by atoms with Crippen molar-refractivity contribution in [3.05, 3.63) is 65.5 Å². The van der Waals surface area contributed by atoms with Crippen LogP contribution in [0.1, 0.15) is 17.5 Å². The van der Waals surface area contributed by atoms with Gasteiger partial charge in [0.15, 0.2) is 0 Å². The number of nitrogens with zero attached hydrogens (tertiary/aromatic N) is 3. The predicted molar refractivity (Wildman–Crippen MR) is 113 cm³/mol. The fourth-order valence-corrected chi connectivity index (χ4v) is 3.65. The monoisotopic (exact) mass is 422 g/mol. The normalized spacial score (nSPS) is 19.9. The summed E-state index contributed by atoms with van der Waals surface area (Å²) in [5, 5.41) is 12.0.